The topological polar surface area (TPSA) is 52.0 Å². The predicted octanol–water partition coefficient (Wildman–Crippen LogP) is 1.14. The molecular weight excluding hydrogens is 212 g/mol. The molecule has 2 atom stereocenters. The van der Waals surface area contributed by atoms with Crippen LogP contribution in [0.1, 0.15) is 18.4 Å². The lowest BCUT2D eigenvalue weighted by Gasteiger charge is -2.24. The van der Waals surface area contributed by atoms with Crippen molar-refractivity contribution in [3.05, 3.63) is 23.9 Å². The second-order valence-electron chi connectivity index (χ2n) is 4.88. The van der Waals surface area contributed by atoms with E-state index >= 15 is 0 Å². The number of rotatable bonds is 1. The third-order valence-corrected chi connectivity index (χ3v) is 3.80. The van der Waals surface area contributed by atoms with Gasteiger partial charge < -0.3 is 10.2 Å². The highest BCUT2D eigenvalue weighted by atomic mass is 15.2. The molecule has 3 heterocycles. The lowest BCUT2D eigenvalue weighted by atomic mass is 9.94. The van der Waals surface area contributed by atoms with E-state index in [-0.39, 0.29) is 0 Å². The summed E-state index contributed by atoms with van der Waals surface area (Å²) >= 11 is 0. The van der Waals surface area contributed by atoms with Gasteiger partial charge in [0.15, 0.2) is 0 Å². The van der Waals surface area contributed by atoms with Gasteiger partial charge in [-0.25, -0.2) is 4.98 Å². The molecule has 0 spiro atoms. The minimum atomic E-state index is 0.626. The Morgan fingerprint density at radius 1 is 1.41 bits per heavy atom. The van der Waals surface area contributed by atoms with Crippen molar-refractivity contribution in [2.24, 2.45) is 5.92 Å². The number of anilines is 1. The van der Waals surface area contributed by atoms with Crippen molar-refractivity contribution in [2.75, 3.05) is 24.5 Å². The average Bonchev–Trinajstić information content (AvgIpc) is 2.82. The van der Waals surface area contributed by atoms with Crippen molar-refractivity contribution in [1.29, 1.82) is 5.26 Å². The molecule has 0 unspecified atom stereocenters. The number of nitrogens with zero attached hydrogens (tertiary/aromatic N) is 3. The van der Waals surface area contributed by atoms with E-state index in [1.165, 1.54) is 12.8 Å². The Hall–Kier alpha value is -1.60. The van der Waals surface area contributed by atoms with E-state index in [4.69, 9.17) is 5.26 Å². The van der Waals surface area contributed by atoms with Crippen LogP contribution in [-0.2, 0) is 0 Å². The van der Waals surface area contributed by atoms with Crippen LogP contribution in [0, 0.1) is 17.2 Å². The molecule has 0 radical (unpaired) electrons. The number of hydrogen-bond acceptors (Lipinski definition) is 4. The second-order valence-corrected chi connectivity index (χ2v) is 4.88. The lowest BCUT2D eigenvalue weighted by molar-refractivity contribution is 0.340. The van der Waals surface area contributed by atoms with Crippen LogP contribution >= 0.6 is 0 Å². The molecule has 2 fully saturated rings. The summed E-state index contributed by atoms with van der Waals surface area (Å²) in [6, 6.07) is 6.53. The van der Waals surface area contributed by atoms with E-state index in [0.29, 0.717) is 11.6 Å². The van der Waals surface area contributed by atoms with E-state index in [9.17, 15) is 0 Å². The van der Waals surface area contributed by atoms with Gasteiger partial charge >= 0.3 is 0 Å². The summed E-state index contributed by atoms with van der Waals surface area (Å²) in [6.45, 7) is 3.29. The van der Waals surface area contributed by atoms with Crippen molar-refractivity contribution in [2.45, 2.75) is 18.9 Å². The lowest BCUT2D eigenvalue weighted by Crippen LogP contribution is -2.40. The monoisotopic (exact) mass is 228 g/mol. The first-order chi connectivity index (χ1) is 8.36. The maximum atomic E-state index is 8.75. The number of hydrogen-bond donors (Lipinski definition) is 1. The van der Waals surface area contributed by atoms with Crippen LogP contribution in [0.15, 0.2) is 18.3 Å². The van der Waals surface area contributed by atoms with E-state index in [2.05, 4.69) is 21.3 Å². The Balaban J connectivity index is 1.74. The predicted molar refractivity (Wildman–Crippen MR) is 65.7 cm³/mol. The fourth-order valence-electron chi connectivity index (χ4n) is 2.87. The maximum Gasteiger partial charge on any atom is 0.128 e. The number of fused-ring (bicyclic) bond motifs is 1. The van der Waals surface area contributed by atoms with Crippen LogP contribution < -0.4 is 10.2 Å². The van der Waals surface area contributed by atoms with Crippen molar-refractivity contribution >= 4 is 5.82 Å². The van der Waals surface area contributed by atoms with Crippen LogP contribution in [-0.4, -0.2) is 30.7 Å². The zero-order valence-electron chi connectivity index (χ0n) is 9.76. The van der Waals surface area contributed by atoms with Gasteiger partial charge in [0.2, 0.25) is 0 Å². The Morgan fingerprint density at radius 2 is 2.35 bits per heavy atom. The number of nitrogens with one attached hydrogen (secondary N) is 1. The molecule has 17 heavy (non-hydrogen) atoms. The van der Waals surface area contributed by atoms with Gasteiger partial charge in [0.25, 0.3) is 0 Å². The van der Waals surface area contributed by atoms with E-state index in [1.54, 1.807) is 6.20 Å². The smallest absolute Gasteiger partial charge is 0.128 e. The van der Waals surface area contributed by atoms with Gasteiger partial charge in [-0.1, -0.05) is 0 Å². The third-order valence-electron chi connectivity index (χ3n) is 3.80. The molecular formula is C13H16N4. The van der Waals surface area contributed by atoms with Gasteiger partial charge in [0, 0.05) is 25.3 Å². The van der Waals surface area contributed by atoms with Gasteiger partial charge in [0.1, 0.15) is 11.9 Å². The first kappa shape index (κ1) is 10.5. The van der Waals surface area contributed by atoms with Crippen molar-refractivity contribution in [3.63, 3.8) is 0 Å². The molecule has 2 saturated heterocycles. The fraction of sp³-hybridized carbons (Fsp3) is 0.538. The van der Waals surface area contributed by atoms with Gasteiger partial charge in [-0.3, -0.25) is 0 Å². The number of nitriles is 1. The summed E-state index contributed by atoms with van der Waals surface area (Å²) in [6.07, 6.45) is 4.27. The fourth-order valence-corrected chi connectivity index (χ4v) is 2.87. The zero-order valence-corrected chi connectivity index (χ0v) is 9.76. The molecule has 88 valence electrons. The van der Waals surface area contributed by atoms with Gasteiger partial charge in [-0.2, -0.15) is 5.26 Å². The molecule has 4 heteroatoms. The summed E-state index contributed by atoms with van der Waals surface area (Å²) in [7, 11) is 0. The van der Waals surface area contributed by atoms with Crippen LogP contribution in [0.3, 0.4) is 0 Å². The first-order valence-corrected chi connectivity index (χ1v) is 6.21. The Morgan fingerprint density at radius 3 is 3.06 bits per heavy atom. The summed E-state index contributed by atoms with van der Waals surface area (Å²) in [4.78, 5) is 6.69. The highest BCUT2D eigenvalue weighted by Crippen LogP contribution is 2.27. The van der Waals surface area contributed by atoms with Crippen molar-refractivity contribution < 1.29 is 0 Å². The maximum absolute atomic E-state index is 8.75. The van der Waals surface area contributed by atoms with Crippen LogP contribution in [0.2, 0.25) is 0 Å². The minimum absolute atomic E-state index is 0.626. The van der Waals surface area contributed by atoms with Gasteiger partial charge in [0.05, 0.1) is 5.56 Å². The van der Waals surface area contributed by atoms with Crippen molar-refractivity contribution in [3.8, 4) is 6.07 Å². The average molecular weight is 228 g/mol. The Kier molecular flexibility index (Phi) is 2.69. The molecule has 0 saturated carbocycles. The normalized spacial score (nSPS) is 27.6. The summed E-state index contributed by atoms with van der Waals surface area (Å²) in [5, 5.41) is 12.3. The van der Waals surface area contributed by atoms with Crippen molar-refractivity contribution in [1.82, 2.24) is 10.3 Å². The molecule has 4 nitrogen and oxygen atoms in total. The third kappa shape index (κ3) is 1.98. The number of piperidine rings is 1. The van der Waals surface area contributed by atoms with Gasteiger partial charge in [-0.05, 0) is 37.4 Å². The van der Waals surface area contributed by atoms with Crippen LogP contribution in [0.4, 0.5) is 5.82 Å². The molecule has 1 N–H and O–H groups in total. The highest BCUT2D eigenvalue weighted by molar-refractivity contribution is 5.43. The highest BCUT2D eigenvalue weighted by Gasteiger charge is 2.34. The van der Waals surface area contributed by atoms with Crippen LogP contribution in [0.5, 0.6) is 0 Å². The molecule has 3 rings (SSSR count). The molecule has 1 aromatic rings. The van der Waals surface area contributed by atoms with Crippen LogP contribution in [0.25, 0.3) is 0 Å². The SMILES string of the molecule is N#Cc1ccc(N2C[C@@H]3CCCN[C@@H]3C2)nc1. The second kappa shape index (κ2) is 4.34. The summed E-state index contributed by atoms with van der Waals surface area (Å²) in [5.41, 5.74) is 0.628. The van der Waals surface area contributed by atoms with E-state index in [1.807, 2.05) is 12.1 Å². The summed E-state index contributed by atoms with van der Waals surface area (Å²) in [5.74, 6) is 1.77. The molecule has 2 aliphatic heterocycles. The molecule has 0 bridgehead atoms. The summed E-state index contributed by atoms with van der Waals surface area (Å²) < 4.78 is 0. The van der Waals surface area contributed by atoms with E-state index in [0.717, 1.165) is 31.4 Å². The largest absolute Gasteiger partial charge is 0.355 e. The van der Waals surface area contributed by atoms with E-state index < -0.39 is 0 Å². The molecule has 0 amide bonds. The molecule has 0 aliphatic carbocycles. The number of pyridine rings is 1. The first-order valence-electron chi connectivity index (χ1n) is 6.21. The number of aromatic nitrogens is 1. The Labute approximate surface area is 101 Å². The molecule has 0 aromatic carbocycles. The standard InChI is InChI=1S/C13H16N4/c14-6-10-3-4-13(16-7-10)17-8-11-2-1-5-15-12(11)9-17/h3-4,7,11-12,15H,1-2,5,8-9H2/t11-,12+/m0/s1. The Bertz CT molecular complexity index is 420. The van der Waals surface area contributed by atoms with Gasteiger partial charge in [-0.15, -0.1) is 0 Å². The quantitative estimate of drug-likeness (QED) is 0.783. The minimum Gasteiger partial charge on any atom is -0.355 e. The molecule has 1 aromatic heterocycles. The zero-order chi connectivity index (χ0) is 11.7. The molecule has 2 aliphatic rings.